The summed E-state index contributed by atoms with van der Waals surface area (Å²) in [7, 11) is 1.50. The van der Waals surface area contributed by atoms with Crippen LogP contribution in [0.3, 0.4) is 0 Å². The molecule has 138 valence electrons. The zero-order chi connectivity index (χ0) is 18.6. The standard InChI is InChI=1S/C17H20N4O5/c1-9-3-11(12-13(18-9)20(2)16(25)19-14(12)23)15(24)21-4-10-5-26-8-17(10,6-21)7-22/h3,10,22H,4-8H2,1-2H3,(H,19,23,25)/t10-,17-/m0/s1. The molecule has 2 aromatic heterocycles. The van der Waals surface area contributed by atoms with Crippen LogP contribution in [-0.2, 0) is 11.8 Å². The number of ether oxygens (including phenoxy) is 1. The average Bonchev–Trinajstić information content (AvgIpc) is 3.15. The van der Waals surface area contributed by atoms with Gasteiger partial charge in [0, 0.05) is 37.2 Å². The number of aromatic nitrogens is 3. The first kappa shape index (κ1) is 16.9. The van der Waals surface area contributed by atoms with E-state index in [9.17, 15) is 19.5 Å². The minimum atomic E-state index is -0.626. The van der Waals surface area contributed by atoms with Crippen molar-refractivity contribution in [2.24, 2.45) is 18.4 Å². The molecule has 9 nitrogen and oxygen atoms in total. The Morgan fingerprint density at radius 1 is 1.50 bits per heavy atom. The topological polar surface area (TPSA) is 118 Å². The lowest BCUT2D eigenvalue weighted by atomic mass is 9.82. The summed E-state index contributed by atoms with van der Waals surface area (Å²) >= 11 is 0. The third-order valence-electron chi connectivity index (χ3n) is 5.55. The lowest BCUT2D eigenvalue weighted by Gasteiger charge is -2.24. The Kier molecular flexibility index (Phi) is 3.74. The molecule has 0 saturated carbocycles. The number of H-pyrrole nitrogens is 1. The van der Waals surface area contributed by atoms with E-state index in [0.717, 1.165) is 0 Å². The average molecular weight is 360 g/mol. The zero-order valence-corrected chi connectivity index (χ0v) is 14.6. The van der Waals surface area contributed by atoms with Crippen molar-refractivity contribution in [3.05, 3.63) is 38.2 Å². The van der Waals surface area contributed by atoms with Crippen molar-refractivity contribution in [2.45, 2.75) is 6.92 Å². The van der Waals surface area contributed by atoms with E-state index in [0.29, 0.717) is 32.0 Å². The maximum absolute atomic E-state index is 13.2. The van der Waals surface area contributed by atoms with Gasteiger partial charge in [0.1, 0.15) is 5.65 Å². The third kappa shape index (κ3) is 2.31. The van der Waals surface area contributed by atoms with Gasteiger partial charge in [-0.05, 0) is 13.0 Å². The van der Waals surface area contributed by atoms with E-state index >= 15 is 0 Å². The Morgan fingerprint density at radius 2 is 2.27 bits per heavy atom. The van der Waals surface area contributed by atoms with Crippen molar-refractivity contribution in [1.29, 1.82) is 0 Å². The number of hydrogen-bond acceptors (Lipinski definition) is 6. The number of aliphatic hydroxyl groups is 1. The van der Waals surface area contributed by atoms with Gasteiger partial charge in [0.2, 0.25) is 0 Å². The van der Waals surface area contributed by atoms with Crippen LogP contribution < -0.4 is 11.2 Å². The fourth-order valence-electron chi connectivity index (χ4n) is 4.01. The lowest BCUT2D eigenvalue weighted by molar-refractivity contribution is 0.0632. The second-order valence-corrected chi connectivity index (χ2v) is 7.25. The molecule has 26 heavy (non-hydrogen) atoms. The van der Waals surface area contributed by atoms with Crippen LogP contribution in [0.5, 0.6) is 0 Å². The van der Waals surface area contributed by atoms with Gasteiger partial charge >= 0.3 is 5.69 Å². The number of carbonyl (C=O) groups excluding carboxylic acids is 1. The Hall–Kier alpha value is -2.52. The number of aliphatic hydroxyl groups excluding tert-OH is 1. The van der Waals surface area contributed by atoms with E-state index in [2.05, 4.69) is 9.97 Å². The maximum atomic E-state index is 13.2. The van der Waals surface area contributed by atoms with E-state index in [-0.39, 0.29) is 35.0 Å². The van der Waals surface area contributed by atoms with Crippen LogP contribution in [-0.4, -0.2) is 63.4 Å². The summed E-state index contributed by atoms with van der Waals surface area (Å²) in [6.07, 6.45) is 0. The number of aromatic amines is 1. The number of pyridine rings is 1. The highest BCUT2D eigenvalue weighted by Crippen LogP contribution is 2.41. The molecule has 2 fully saturated rings. The van der Waals surface area contributed by atoms with Crippen molar-refractivity contribution in [3.63, 3.8) is 0 Å². The predicted octanol–water partition coefficient (Wildman–Crippen LogP) is -0.989. The van der Waals surface area contributed by atoms with Gasteiger partial charge in [0.05, 0.1) is 30.8 Å². The molecule has 4 heterocycles. The summed E-state index contributed by atoms with van der Waals surface area (Å²) in [5, 5.41) is 9.91. The van der Waals surface area contributed by atoms with Crippen molar-refractivity contribution < 1.29 is 14.6 Å². The summed E-state index contributed by atoms with van der Waals surface area (Å²) in [5.41, 5.74) is -0.696. The van der Waals surface area contributed by atoms with Crippen LogP contribution in [0, 0.1) is 18.3 Å². The predicted molar refractivity (Wildman–Crippen MR) is 92.1 cm³/mol. The minimum absolute atomic E-state index is 0.0490. The Balaban J connectivity index is 1.83. The first-order chi connectivity index (χ1) is 12.4. The lowest BCUT2D eigenvalue weighted by Crippen LogP contribution is -2.37. The second kappa shape index (κ2) is 5.75. The van der Waals surface area contributed by atoms with Crippen molar-refractivity contribution in [2.75, 3.05) is 32.9 Å². The minimum Gasteiger partial charge on any atom is -0.396 e. The summed E-state index contributed by atoms with van der Waals surface area (Å²) < 4.78 is 6.70. The van der Waals surface area contributed by atoms with Crippen molar-refractivity contribution >= 4 is 16.9 Å². The molecule has 2 aliphatic heterocycles. The van der Waals surface area contributed by atoms with E-state index < -0.39 is 16.7 Å². The van der Waals surface area contributed by atoms with Gasteiger partial charge in [-0.2, -0.15) is 0 Å². The molecule has 4 rings (SSSR count). The van der Waals surface area contributed by atoms with Gasteiger partial charge in [-0.25, -0.2) is 9.78 Å². The van der Waals surface area contributed by atoms with E-state index in [1.165, 1.54) is 11.6 Å². The van der Waals surface area contributed by atoms with Gasteiger partial charge in [0.15, 0.2) is 0 Å². The zero-order valence-electron chi connectivity index (χ0n) is 14.6. The van der Waals surface area contributed by atoms with Crippen molar-refractivity contribution in [1.82, 2.24) is 19.4 Å². The van der Waals surface area contributed by atoms with E-state index in [4.69, 9.17) is 4.74 Å². The molecular weight excluding hydrogens is 340 g/mol. The van der Waals surface area contributed by atoms with Crippen LogP contribution in [0.1, 0.15) is 16.1 Å². The first-order valence-corrected chi connectivity index (χ1v) is 8.45. The Labute approximate surface area is 148 Å². The number of fused-ring (bicyclic) bond motifs is 2. The summed E-state index contributed by atoms with van der Waals surface area (Å²) in [5.74, 6) is -0.222. The molecular formula is C17H20N4O5. The highest BCUT2D eigenvalue weighted by molar-refractivity contribution is 6.05. The summed E-state index contributed by atoms with van der Waals surface area (Å²) in [6, 6.07) is 1.57. The molecule has 2 aliphatic rings. The summed E-state index contributed by atoms with van der Waals surface area (Å²) in [6.45, 7) is 3.43. The number of likely N-dealkylation sites (tertiary alicyclic amines) is 1. The molecule has 2 N–H and O–H groups in total. The maximum Gasteiger partial charge on any atom is 0.329 e. The number of nitrogens with one attached hydrogen (secondary N) is 1. The van der Waals surface area contributed by atoms with Crippen LogP contribution in [0.2, 0.25) is 0 Å². The molecule has 2 saturated heterocycles. The number of carbonyl (C=O) groups is 1. The molecule has 0 radical (unpaired) electrons. The molecule has 9 heteroatoms. The first-order valence-electron chi connectivity index (χ1n) is 8.45. The highest BCUT2D eigenvalue weighted by atomic mass is 16.5. The second-order valence-electron chi connectivity index (χ2n) is 7.25. The summed E-state index contributed by atoms with van der Waals surface area (Å²) in [4.78, 5) is 45.6. The molecule has 0 aliphatic carbocycles. The monoisotopic (exact) mass is 360 g/mol. The van der Waals surface area contributed by atoms with Gasteiger partial charge in [-0.1, -0.05) is 0 Å². The molecule has 0 spiro atoms. The number of hydrogen-bond donors (Lipinski definition) is 2. The van der Waals surface area contributed by atoms with Crippen LogP contribution in [0.4, 0.5) is 0 Å². The molecule has 0 unspecified atom stereocenters. The quantitative estimate of drug-likeness (QED) is 0.710. The number of aryl methyl sites for hydroxylation is 2. The Morgan fingerprint density at radius 3 is 2.96 bits per heavy atom. The normalized spacial score (nSPS) is 25.0. The largest absolute Gasteiger partial charge is 0.396 e. The molecule has 0 aromatic carbocycles. The SMILES string of the molecule is Cc1cc(C(=O)N2C[C@H]3COC[C@@]3(CO)C2)c2c(=O)[nH]c(=O)n(C)c2n1. The van der Waals surface area contributed by atoms with E-state index in [1.807, 2.05) is 0 Å². The molecule has 2 aromatic rings. The number of amides is 1. The van der Waals surface area contributed by atoms with Gasteiger partial charge in [-0.15, -0.1) is 0 Å². The molecule has 1 amide bonds. The third-order valence-corrected chi connectivity index (χ3v) is 5.55. The van der Waals surface area contributed by atoms with E-state index in [1.54, 1.807) is 17.9 Å². The molecule has 2 atom stereocenters. The van der Waals surface area contributed by atoms with Crippen LogP contribution in [0.25, 0.3) is 11.0 Å². The van der Waals surface area contributed by atoms with Gasteiger partial charge in [-0.3, -0.25) is 19.1 Å². The van der Waals surface area contributed by atoms with Crippen LogP contribution >= 0.6 is 0 Å². The fourth-order valence-corrected chi connectivity index (χ4v) is 4.01. The van der Waals surface area contributed by atoms with Gasteiger partial charge in [0.25, 0.3) is 11.5 Å². The Bertz CT molecular complexity index is 1030. The highest BCUT2D eigenvalue weighted by Gasteiger charge is 2.51. The molecule has 0 bridgehead atoms. The number of nitrogens with zero attached hydrogens (tertiary/aromatic N) is 3. The fraction of sp³-hybridized carbons (Fsp3) is 0.529. The smallest absolute Gasteiger partial charge is 0.329 e. The number of rotatable bonds is 2. The van der Waals surface area contributed by atoms with Gasteiger partial charge < -0.3 is 14.7 Å². The van der Waals surface area contributed by atoms with Crippen LogP contribution in [0.15, 0.2) is 15.7 Å². The van der Waals surface area contributed by atoms with Crippen molar-refractivity contribution in [3.8, 4) is 0 Å².